The zero-order valence-corrected chi connectivity index (χ0v) is 7.13. The lowest BCUT2D eigenvalue weighted by molar-refractivity contribution is -0.0136. The molecular weight excluding hydrogens is 160 g/mol. The predicted octanol–water partition coefficient (Wildman–Crippen LogP) is -0.540. The smallest absolute Gasteiger partial charge is 0.312 e. The molecule has 0 aliphatic carbocycles. The van der Waals surface area contributed by atoms with Gasteiger partial charge in [0.1, 0.15) is 5.60 Å². The van der Waals surface area contributed by atoms with E-state index in [1.54, 1.807) is 7.11 Å². The Bertz CT molecular complexity index is 166. The highest BCUT2D eigenvalue weighted by Gasteiger charge is 2.34. The van der Waals surface area contributed by atoms with Crippen molar-refractivity contribution in [3.63, 3.8) is 0 Å². The Hall–Kier alpha value is -0.810. The third-order valence-electron chi connectivity index (χ3n) is 2.08. The lowest BCUT2D eigenvalue weighted by Gasteiger charge is -2.25. The van der Waals surface area contributed by atoms with Gasteiger partial charge in [-0.15, -0.1) is 0 Å². The summed E-state index contributed by atoms with van der Waals surface area (Å²) in [6, 6.07) is -0.529. The summed E-state index contributed by atoms with van der Waals surface area (Å²) in [5.74, 6) is 0. The Labute approximate surface area is 71.2 Å². The van der Waals surface area contributed by atoms with Gasteiger partial charge in [-0.2, -0.15) is 0 Å². The van der Waals surface area contributed by atoms with E-state index < -0.39 is 6.03 Å². The van der Waals surface area contributed by atoms with E-state index in [4.69, 9.17) is 15.2 Å². The van der Waals surface area contributed by atoms with Crippen molar-refractivity contribution in [1.29, 1.82) is 0 Å². The maximum absolute atomic E-state index is 10.4. The molecular formula is C7H14N2O3. The highest BCUT2D eigenvalue weighted by Crippen LogP contribution is 2.21. The molecule has 0 spiro atoms. The predicted molar refractivity (Wildman–Crippen MR) is 42.8 cm³/mol. The van der Waals surface area contributed by atoms with E-state index >= 15 is 0 Å². The normalized spacial score (nSPS) is 28.8. The Kier molecular flexibility index (Phi) is 2.88. The molecule has 0 radical (unpaired) electrons. The molecule has 1 aliphatic rings. The largest absolute Gasteiger partial charge is 0.378 e. The highest BCUT2D eigenvalue weighted by atomic mass is 16.5. The second-order valence-electron chi connectivity index (χ2n) is 2.91. The fraction of sp³-hybridized carbons (Fsp3) is 0.857. The number of hydrogen-bond donors (Lipinski definition) is 2. The van der Waals surface area contributed by atoms with Crippen LogP contribution in [0.15, 0.2) is 0 Å². The third-order valence-corrected chi connectivity index (χ3v) is 2.08. The molecule has 70 valence electrons. The van der Waals surface area contributed by atoms with Crippen LogP contribution in [0.2, 0.25) is 0 Å². The first-order valence-electron chi connectivity index (χ1n) is 3.85. The molecule has 3 N–H and O–H groups in total. The molecule has 1 atom stereocenters. The minimum Gasteiger partial charge on any atom is -0.378 e. The minimum atomic E-state index is -0.529. The Balaban J connectivity index is 2.39. The van der Waals surface area contributed by atoms with E-state index in [2.05, 4.69) is 5.32 Å². The molecule has 0 aromatic carbocycles. The van der Waals surface area contributed by atoms with Crippen LogP contribution in [0.5, 0.6) is 0 Å². The number of carbonyl (C=O) groups excluding carboxylic acids is 1. The van der Waals surface area contributed by atoms with E-state index in [-0.39, 0.29) is 5.60 Å². The van der Waals surface area contributed by atoms with Crippen LogP contribution in [-0.2, 0) is 9.47 Å². The number of methoxy groups -OCH3 is 1. The zero-order chi connectivity index (χ0) is 9.03. The van der Waals surface area contributed by atoms with Gasteiger partial charge in [-0.3, -0.25) is 0 Å². The van der Waals surface area contributed by atoms with Crippen molar-refractivity contribution in [1.82, 2.24) is 5.32 Å². The molecule has 2 amide bonds. The van der Waals surface area contributed by atoms with Gasteiger partial charge in [0, 0.05) is 20.1 Å². The lowest BCUT2D eigenvalue weighted by Crippen LogP contribution is -2.46. The summed E-state index contributed by atoms with van der Waals surface area (Å²) in [4.78, 5) is 10.4. The summed E-state index contributed by atoms with van der Waals surface area (Å²) >= 11 is 0. The number of rotatable bonds is 3. The van der Waals surface area contributed by atoms with Gasteiger partial charge in [0.25, 0.3) is 0 Å². The summed E-state index contributed by atoms with van der Waals surface area (Å²) in [5, 5.41) is 2.51. The van der Waals surface area contributed by atoms with Crippen LogP contribution in [-0.4, -0.2) is 38.5 Å². The Morgan fingerprint density at radius 1 is 1.83 bits per heavy atom. The molecule has 1 aliphatic heterocycles. The van der Waals surface area contributed by atoms with Gasteiger partial charge < -0.3 is 20.5 Å². The molecule has 0 bridgehead atoms. The summed E-state index contributed by atoms with van der Waals surface area (Å²) in [5.41, 5.74) is 4.57. The van der Waals surface area contributed by atoms with Gasteiger partial charge in [0.2, 0.25) is 0 Å². The van der Waals surface area contributed by atoms with Crippen molar-refractivity contribution in [2.24, 2.45) is 5.73 Å². The molecule has 1 heterocycles. The van der Waals surface area contributed by atoms with Crippen molar-refractivity contribution in [3.8, 4) is 0 Å². The van der Waals surface area contributed by atoms with Crippen LogP contribution in [0, 0.1) is 0 Å². The summed E-state index contributed by atoms with van der Waals surface area (Å²) in [6.45, 7) is 1.61. The first-order chi connectivity index (χ1) is 5.68. The fourth-order valence-corrected chi connectivity index (χ4v) is 1.21. The van der Waals surface area contributed by atoms with Gasteiger partial charge in [-0.25, -0.2) is 4.79 Å². The van der Waals surface area contributed by atoms with E-state index in [9.17, 15) is 4.79 Å². The molecule has 1 unspecified atom stereocenters. The number of primary amides is 1. The van der Waals surface area contributed by atoms with Gasteiger partial charge >= 0.3 is 6.03 Å². The number of urea groups is 1. The number of amides is 2. The van der Waals surface area contributed by atoms with Gasteiger partial charge in [-0.1, -0.05) is 0 Å². The second kappa shape index (κ2) is 3.73. The van der Waals surface area contributed by atoms with Crippen molar-refractivity contribution in [2.45, 2.75) is 12.0 Å². The van der Waals surface area contributed by atoms with Crippen LogP contribution < -0.4 is 11.1 Å². The zero-order valence-electron chi connectivity index (χ0n) is 7.13. The first kappa shape index (κ1) is 9.28. The van der Waals surface area contributed by atoms with Crippen LogP contribution in [0.3, 0.4) is 0 Å². The Morgan fingerprint density at radius 3 is 3.00 bits per heavy atom. The third kappa shape index (κ3) is 2.09. The monoisotopic (exact) mass is 174 g/mol. The maximum atomic E-state index is 10.4. The van der Waals surface area contributed by atoms with Gasteiger partial charge in [0.15, 0.2) is 0 Å². The molecule has 1 rings (SSSR count). The molecule has 0 aromatic rings. The molecule has 5 heteroatoms. The quantitative estimate of drug-likeness (QED) is 0.603. The summed E-state index contributed by atoms with van der Waals surface area (Å²) in [7, 11) is 1.61. The van der Waals surface area contributed by atoms with Gasteiger partial charge in [0.05, 0.1) is 13.2 Å². The molecule has 1 saturated heterocycles. The summed E-state index contributed by atoms with van der Waals surface area (Å²) in [6.07, 6.45) is 0.795. The van der Waals surface area contributed by atoms with Crippen LogP contribution in [0.4, 0.5) is 4.79 Å². The summed E-state index contributed by atoms with van der Waals surface area (Å²) < 4.78 is 10.4. The number of ether oxygens (including phenoxy) is 2. The number of nitrogens with two attached hydrogens (primary N) is 1. The number of hydrogen-bond acceptors (Lipinski definition) is 3. The molecule has 12 heavy (non-hydrogen) atoms. The topological polar surface area (TPSA) is 73.6 Å². The minimum absolute atomic E-state index is 0.366. The fourth-order valence-electron chi connectivity index (χ4n) is 1.21. The Morgan fingerprint density at radius 2 is 2.58 bits per heavy atom. The van der Waals surface area contributed by atoms with Crippen LogP contribution in [0.25, 0.3) is 0 Å². The van der Waals surface area contributed by atoms with Crippen molar-refractivity contribution < 1.29 is 14.3 Å². The molecule has 0 saturated carbocycles. The van der Waals surface area contributed by atoms with E-state index in [1.807, 2.05) is 0 Å². The standard InChI is InChI=1S/C7H14N2O3/c1-11-7(2-3-12-5-7)4-9-6(8)10/h2-5H2,1H3,(H3,8,9,10). The average molecular weight is 174 g/mol. The van der Waals surface area contributed by atoms with Crippen molar-refractivity contribution >= 4 is 6.03 Å². The highest BCUT2D eigenvalue weighted by molar-refractivity contribution is 5.71. The molecule has 5 nitrogen and oxygen atoms in total. The van der Waals surface area contributed by atoms with Crippen molar-refractivity contribution in [3.05, 3.63) is 0 Å². The molecule has 0 aromatic heterocycles. The lowest BCUT2D eigenvalue weighted by atomic mass is 10.0. The maximum Gasteiger partial charge on any atom is 0.312 e. The average Bonchev–Trinajstić information content (AvgIpc) is 2.50. The van der Waals surface area contributed by atoms with Crippen LogP contribution >= 0.6 is 0 Å². The van der Waals surface area contributed by atoms with Gasteiger partial charge in [-0.05, 0) is 0 Å². The number of carbonyl (C=O) groups is 1. The van der Waals surface area contributed by atoms with Crippen molar-refractivity contribution in [2.75, 3.05) is 26.9 Å². The SMILES string of the molecule is COC1(CNC(N)=O)CCOC1. The van der Waals surface area contributed by atoms with E-state index in [1.165, 1.54) is 0 Å². The molecule has 1 fully saturated rings. The van der Waals surface area contributed by atoms with Crippen LogP contribution in [0.1, 0.15) is 6.42 Å². The second-order valence-corrected chi connectivity index (χ2v) is 2.91. The van der Waals surface area contributed by atoms with E-state index in [0.29, 0.717) is 19.8 Å². The number of nitrogens with one attached hydrogen (secondary N) is 1. The van der Waals surface area contributed by atoms with E-state index in [0.717, 1.165) is 6.42 Å². The first-order valence-corrected chi connectivity index (χ1v) is 3.85.